The van der Waals surface area contributed by atoms with E-state index in [0.29, 0.717) is 35.0 Å². The van der Waals surface area contributed by atoms with Crippen LogP contribution in [0.15, 0.2) is 42.5 Å². The summed E-state index contributed by atoms with van der Waals surface area (Å²) < 4.78 is 17.3. The summed E-state index contributed by atoms with van der Waals surface area (Å²) >= 11 is 0. The highest BCUT2D eigenvalue weighted by molar-refractivity contribution is 6.04. The largest absolute Gasteiger partial charge is 0.493 e. The molecular formula is C26H28N4O6. The Morgan fingerprint density at radius 2 is 1.78 bits per heavy atom. The Balaban J connectivity index is 1.55. The first-order chi connectivity index (χ1) is 17.4. The SMILES string of the molecule is CCOC(=O)c1ccc(NC(=O)CC2C(=O)Nc3c(-c4ccc(OC)c(OC)c4)c(CC)nn32)cc1. The molecule has 2 heterocycles. The Kier molecular flexibility index (Phi) is 7.23. The van der Waals surface area contributed by atoms with Gasteiger partial charge in [0.2, 0.25) is 5.91 Å². The van der Waals surface area contributed by atoms with Crippen molar-refractivity contribution in [3.8, 4) is 22.6 Å². The molecule has 1 aliphatic rings. The number of hydrogen-bond acceptors (Lipinski definition) is 7. The Bertz CT molecular complexity index is 1300. The summed E-state index contributed by atoms with van der Waals surface area (Å²) in [5.74, 6) is 0.605. The highest BCUT2D eigenvalue weighted by atomic mass is 16.5. The molecule has 1 aromatic heterocycles. The molecule has 1 aliphatic heterocycles. The predicted molar refractivity (Wildman–Crippen MR) is 133 cm³/mol. The van der Waals surface area contributed by atoms with Crippen LogP contribution in [0.3, 0.4) is 0 Å². The van der Waals surface area contributed by atoms with Crippen molar-refractivity contribution in [2.75, 3.05) is 31.5 Å². The summed E-state index contributed by atoms with van der Waals surface area (Å²) in [5, 5.41) is 10.3. The van der Waals surface area contributed by atoms with Crippen molar-refractivity contribution in [2.45, 2.75) is 32.7 Å². The summed E-state index contributed by atoms with van der Waals surface area (Å²) in [6.07, 6.45) is 0.528. The lowest BCUT2D eigenvalue weighted by Crippen LogP contribution is -2.24. The highest BCUT2D eigenvalue weighted by Crippen LogP contribution is 2.41. The van der Waals surface area contributed by atoms with Gasteiger partial charge in [-0.15, -0.1) is 0 Å². The fourth-order valence-corrected chi connectivity index (χ4v) is 4.15. The fourth-order valence-electron chi connectivity index (χ4n) is 4.15. The lowest BCUT2D eigenvalue weighted by Gasteiger charge is -2.11. The van der Waals surface area contributed by atoms with Crippen LogP contribution in [0, 0.1) is 0 Å². The van der Waals surface area contributed by atoms with Crippen LogP contribution in [0.2, 0.25) is 0 Å². The van der Waals surface area contributed by atoms with Gasteiger partial charge in [-0.2, -0.15) is 5.10 Å². The zero-order chi connectivity index (χ0) is 25.8. The highest BCUT2D eigenvalue weighted by Gasteiger charge is 2.37. The first-order valence-electron chi connectivity index (χ1n) is 11.6. The average molecular weight is 493 g/mol. The van der Waals surface area contributed by atoms with Crippen molar-refractivity contribution >= 4 is 29.3 Å². The van der Waals surface area contributed by atoms with Gasteiger partial charge >= 0.3 is 5.97 Å². The molecule has 2 amide bonds. The lowest BCUT2D eigenvalue weighted by molar-refractivity contribution is -0.123. The molecule has 4 rings (SSSR count). The lowest BCUT2D eigenvalue weighted by atomic mass is 10.0. The number of esters is 1. The third-order valence-corrected chi connectivity index (χ3v) is 5.89. The molecule has 0 saturated carbocycles. The van der Waals surface area contributed by atoms with Crippen LogP contribution in [0.25, 0.3) is 11.1 Å². The van der Waals surface area contributed by atoms with Gasteiger partial charge in [-0.1, -0.05) is 13.0 Å². The number of carbonyl (C=O) groups excluding carboxylic acids is 3. The number of benzene rings is 2. The van der Waals surface area contributed by atoms with Gasteiger partial charge in [0.05, 0.1) is 38.5 Å². The minimum absolute atomic E-state index is 0.103. The molecule has 0 spiro atoms. The van der Waals surface area contributed by atoms with Crippen LogP contribution < -0.4 is 20.1 Å². The molecule has 0 saturated heterocycles. The zero-order valence-electron chi connectivity index (χ0n) is 20.6. The molecule has 0 bridgehead atoms. The summed E-state index contributed by atoms with van der Waals surface area (Å²) in [6, 6.07) is 11.1. The molecule has 0 fully saturated rings. The van der Waals surface area contributed by atoms with E-state index >= 15 is 0 Å². The Morgan fingerprint density at radius 1 is 1.06 bits per heavy atom. The number of aryl methyl sites for hydroxylation is 1. The number of nitrogens with zero attached hydrogens (tertiary/aromatic N) is 2. The van der Waals surface area contributed by atoms with Gasteiger partial charge in [-0.05, 0) is 55.3 Å². The molecule has 10 nitrogen and oxygen atoms in total. The van der Waals surface area contributed by atoms with Crippen LogP contribution in [0.5, 0.6) is 11.5 Å². The molecule has 10 heteroatoms. The molecular weight excluding hydrogens is 464 g/mol. The average Bonchev–Trinajstić information content (AvgIpc) is 3.38. The minimum Gasteiger partial charge on any atom is -0.493 e. The predicted octanol–water partition coefficient (Wildman–Crippen LogP) is 3.83. The van der Waals surface area contributed by atoms with Crippen molar-refractivity contribution in [3.05, 3.63) is 53.7 Å². The number of methoxy groups -OCH3 is 2. The number of aromatic nitrogens is 2. The summed E-state index contributed by atoms with van der Waals surface area (Å²) in [6.45, 7) is 3.99. The third-order valence-electron chi connectivity index (χ3n) is 5.89. The number of fused-ring (bicyclic) bond motifs is 1. The van der Waals surface area contributed by atoms with Crippen molar-refractivity contribution in [2.24, 2.45) is 0 Å². The van der Waals surface area contributed by atoms with E-state index < -0.39 is 12.0 Å². The number of amides is 2. The standard InChI is InChI=1S/C26H28N4O6/c1-5-18-23(16-9-12-20(34-3)21(13-16)35-4)24-28-25(32)19(30(24)29-18)14-22(31)27-17-10-7-15(8-11-17)26(33)36-6-2/h7-13,19H,5-6,14H2,1-4H3,(H,27,31)(H,28,32). The van der Waals surface area contributed by atoms with Gasteiger partial charge in [0.15, 0.2) is 11.5 Å². The maximum Gasteiger partial charge on any atom is 0.338 e. The molecule has 2 N–H and O–H groups in total. The molecule has 0 radical (unpaired) electrons. The second kappa shape index (κ2) is 10.5. The maximum atomic E-state index is 12.8. The topological polar surface area (TPSA) is 121 Å². The quantitative estimate of drug-likeness (QED) is 0.436. The van der Waals surface area contributed by atoms with Crippen LogP contribution in [0.4, 0.5) is 11.5 Å². The normalized spacial score (nSPS) is 14.1. The summed E-state index contributed by atoms with van der Waals surface area (Å²) in [7, 11) is 3.13. The Labute approximate surface area is 208 Å². The van der Waals surface area contributed by atoms with Crippen molar-refractivity contribution < 1.29 is 28.6 Å². The van der Waals surface area contributed by atoms with Gasteiger partial charge in [0.1, 0.15) is 11.9 Å². The molecule has 2 aromatic carbocycles. The van der Waals surface area contributed by atoms with Gasteiger partial charge in [-0.25, -0.2) is 9.48 Å². The van der Waals surface area contributed by atoms with Crippen LogP contribution >= 0.6 is 0 Å². The van der Waals surface area contributed by atoms with Gasteiger partial charge < -0.3 is 24.8 Å². The number of rotatable bonds is 9. The number of hydrogen-bond donors (Lipinski definition) is 2. The van der Waals surface area contributed by atoms with Crippen molar-refractivity contribution in [1.82, 2.24) is 9.78 Å². The number of ether oxygens (including phenoxy) is 3. The molecule has 0 aliphatic carbocycles. The van der Waals surface area contributed by atoms with Gasteiger partial charge in [-0.3, -0.25) is 9.59 Å². The second-order valence-corrected chi connectivity index (χ2v) is 8.09. The number of carbonyl (C=O) groups is 3. The van der Waals surface area contributed by atoms with E-state index in [2.05, 4.69) is 15.7 Å². The monoisotopic (exact) mass is 492 g/mol. The van der Waals surface area contributed by atoms with Gasteiger partial charge in [0, 0.05) is 11.3 Å². The summed E-state index contributed by atoms with van der Waals surface area (Å²) in [5.41, 5.74) is 3.28. The number of nitrogens with one attached hydrogen (secondary N) is 2. The van der Waals surface area contributed by atoms with E-state index in [0.717, 1.165) is 16.8 Å². The zero-order valence-corrected chi connectivity index (χ0v) is 20.6. The van der Waals surface area contributed by atoms with E-state index in [4.69, 9.17) is 14.2 Å². The molecule has 3 aromatic rings. The maximum absolute atomic E-state index is 12.8. The van der Waals surface area contributed by atoms with Crippen LogP contribution in [-0.4, -0.2) is 48.4 Å². The minimum atomic E-state index is -0.794. The van der Waals surface area contributed by atoms with E-state index in [9.17, 15) is 14.4 Å². The first-order valence-corrected chi connectivity index (χ1v) is 11.6. The van der Waals surface area contributed by atoms with Crippen LogP contribution in [0.1, 0.15) is 42.4 Å². The third kappa shape index (κ3) is 4.74. The molecule has 188 valence electrons. The molecule has 1 atom stereocenters. The van der Waals surface area contributed by atoms with Crippen LogP contribution in [-0.2, 0) is 20.7 Å². The van der Waals surface area contributed by atoms with E-state index in [-0.39, 0.29) is 24.8 Å². The summed E-state index contributed by atoms with van der Waals surface area (Å²) in [4.78, 5) is 37.4. The van der Waals surface area contributed by atoms with E-state index in [1.165, 1.54) is 0 Å². The Hall–Kier alpha value is -4.34. The van der Waals surface area contributed by atoms with E-state index in [1.54, 1.807) is 56.2 Å². The molecule has 1 unspecified atom stereocenters. The molecule has 36 heavy (non-hydrogen) atoms. The van der Waals surface area contributed by atoms with E-state index in [1.807, 2.05) is 19.1 Å². The Morgan fingerprint density at radius 3 is 2.42 bits per heavy atom. The van der Waals surface area contributed by atoms with Gasteiger partial charge in [0.25, 0.3) is 5.91 Å². The fraction of sp³-hybridized carbons (Fsp3) is 0.308. The van der Waals surface area contributed by atoms with Crippen molar-refractivity contribution in [1.29, 1.82) is 0 Å². The first kappa shape index (κ1) is 24.8. The number of anilines is 2. The second-order valence-electron chi connectivity index (χ2n) is 8.09. The van der Waals surface area contributed by atoms with Crippen molar-refractivity contribution in [3.63, 3.8) is 0 Å². The smallest absolute Gasteiger partial charge is 0.338 e.